The molecule has 0 unspecified atom stereocenters. The van der Waals surface area contributed by atoms with Crippen LogP contribution in [0.5, 0.6) is 0 Å². The lowest BCUT2D eigenvalue weighted by Crippen LogP contribution is -1.95. The fourth-order valence-corrected chi connectivity index (χ4v) is 2.75. The highest BCUT2D eigenvalue weighted by Crippen LogP contribution is 2.29. The number of nitrogens with zero attached hydrogens (tertiary/aromatic N) is 3. The normalized spacial score (nSPS) is 11.4. The maximum absolute atomic E-state index is 6.36. The van der Waals surface area contributed by atoms with E-state index in [0.717, 1.165) is 26.7 Å². The predicted octanol–water partition coefficient (Wildman–Crippen LogP) is 4.34. The van der Waals surface area contributed by atoms with Crippen LogP contribution in [0.1, 0.15) is 5.56 Å². The van der Waals surface area contributed by atoms with Gasteiger partial charge in [0.05, 0.1) is 10.7 Å². The molecule has 1 aromatic carbocycles. The lowest BCUT2D eigenvalue weighted by molar-refractivity contribution is 1.28. The zero-order valence-corrected chi connectivity index (χ0v) is 14.1. The lowest BCUT2D eigenvalue weighted by Gasteiger charge is -2.07. The van der Waals surface area contributed by atoms with Crippen molar-refractivity contribution in [1.82, 2.24) is 9.97 Å². The molecule has 110 valence electrons. The molecule has 6 heteroatoms. The molecule has 0 saturated carbocycles. The zero-order chi connectivity index (χ0) is 15.7. The number of fused-ring (bicyclic) bond motifs is 1. The van der Waals surface area contributed by atoms with Crippen molar-refractivity contribution in [2.45, 2.75) is 0 Å². The second-order valence-corrected chi connectivity index (χ2v) is 6.07. The molecule has 0 spiro atoms. The first-order chi connectivity index (χ1) is 10.6. The third kappa shape index (κ3) is 2.82. The number of hydrogen-bond acceptors (Lipinski definition) is 4. The Morgan fingerprint density at radius 1 is 1.27 bits per heavy atom. The molecule has 3 aromatic rings. The van der Waals surface area contributed by atoms with Crippen LogP contribution in [-0.2, 0) is 0 Å². The van der Waals surface area contributed by atoms with E-state index in [2.05, 4.69) is 30.9 Å². The summed E-state index contributed by atoms with van der Waals surface area (Å²) in [7, 11) is 1.71. The number of aromatic nitrogens is 2. The van der Waals surface area contributed by atoms with E-state index in [1.54, 1.807) is 19.5 Å². The van der Waals surface area contributed by atoms with Gasteiger partial charge >= 0.3 is 0 Å². The molecule has 0 saturated heterocycles. The van der Waals surface area contributed by atoms with E-state index in [4.69, 9.17) is 17.3 Å². The quantitative estimate of drug-likeness (QED) is 0.535. The Morgan fingerprint density at radius 3 is 2.86 bits per heavy atom. The first-order valence-electron chi connectivity index (χ1n) is 6.52. The summed E-state index contributed by atoms with van der Waals surface area (Å²) in [5, 5.41) is 1.42. The van der Waals surface area contributed by atoms with Crippen molar-refractivity contribution in [2.75, 3.05) is 12.8 Å². The SMILES string of the molecule is CN=Cc1cc(-c2cc(Cl)c3cc(Br)cnc3n2)ccc1N. The van der Waals surface area contributed by atoms with Gasteiger partial charge in [-0.25, -0.2) is 9.97 Å². The molecule has 0 bridgehead atoms. The highest BCUT2D eigenvalue weighted by Gasteiger charge is 2.09. The smallest absolute Gasteiger partial charge is 0.161 e. The zero-order valence-electron chi connectivity index (χ0n) is 11.7. The fourth-order valence-electron chi connectivity index (χ4n) is 2.17. The number of anilines is 1. The number of nitrogen functional groups attached to an aromatic ring is 1. The predicted molar refractivity (Wildman–Crippen MR) is 95.6 cm³/mol. The van der Waals surface area contributed by atoms with Crippen molar-refractivity contribution in [1.29, 1.82) is 0 Å². The van der Waals surface area contributed by atoms with Gasteiger partial charge in [-0.2, -0.15) is 0 Å². The van der Waals surface area contributed by atoms with E-state index in [-0.39, 0.29) is 0 Å². The number of pyridine rings is 2. The molecule has 0 fully saturated rings. The molecular weight excluding hydrogens is 364 g/mol. The summed E-state index contributed by atoms with van der Waals surface area (Å²) in [6.45, 7) is 0. The van der Waals surface area contributed by atoms with Gasteiger partial charge in [0.1, 0.15) is 0 Å². The topological polar surface area (TPSA) is 64.2 Å². The van der Waals surface area contributed by atoms with Gasteiger partial charge in [0.25, 0.3) is 0 Å². The third-order valence-corrected chi connectivity index (χ3v) is 3.98. The minimum absolute atomic E-state index is 0.605. The maximum atomic E-state index is 6.36. The van der Waals surface area contributed by atoms with Gasteiger partial charge in [0.15, 0.2) is 5.65 Å². The van der Waals surface area contributed by atoms with Crippen molar-refractivity contribution in [2.24, 2.45) is 4.99 Å². The van der Waals surface area contributed by atoms with E-state index in [1.165, 1.54) is 0 Å². The summed E-state index contributed by atoms with van der Waals surface area (Å²) >= 11 is 9.75. The number of halogens is 2. The van der Waals surface area contributed by atoms with Gasteiger partial charge < -0.3 is 5.73 Å². The standard InChI is InChI=1S/C16H12BrClN4/c1-20-7-10-4-9(2-3-14(10)19)15-6-13(18)12-5-11(17)8-21-16(12)22-15/h2-8H,19H2,1H3. The van der Waals surface area contributed by atoms with Gasteiger partial charge in [-0.15, -0.1) is 0 Å². The summed E-state index contributed by atoms with van der Waals surface area (Å²) in [5.41, 5.74) is 9.72. The van der Waals surface area contributed by atoms with Gasteiger partial charge in [0.2, 0.25) is 0 Å². The Morgan fingerprint density at radius 2 is 2.09 bits per heavy atom. The second kappa shape index (κ2) is 6.02. The van der Waals surface area contributed by atoms with Crippen molar-refractivity contribution in [3.8, 4) is 11.3 Å². The first-order valence-corrected chi connectivity index (χ1v) is 7.69. The summed E-state index contributed by atoms with van der Waals surface area (Å²) < 4.78 is 0.866. The molecule has 2 aromatic heterocycles. The van der Waals surface area contributed by atoms with Crippen molar-refractivity contribution < 1.29 is 0 Å². The number of benzene rings is 1. The second-order valence-electron chi connectivity index (χ2n) is 4.75. The molecule has 0 aliphatic rings. The molecule has 0 radical (unpaired) electrons. The molecule has 0 aliphatic heterocycles. The van der Waals surface area contributed by atoms with E-state index in [0.29, 0.717) is 16.4 Å². The number of rotatable bonds is 2. The van der Waals surface area contributed by atoms with Crippen molar-refractivity contribution in [3.05, 3.63) is 51.6 Å². The first kappa shape index (κ1) is 14.9. The summed E-state index contributed by atoms with van der Waals surface area (Å²) in [4.78, 5) is 12.9. The largest absolute Gasteiger partial charge is 0.398 e. The van der Waals surface area contributed by atoms with Crippen molar-refractivity contribution >= 4 is 50.5 Å². The van der Waals surface area contributed by atoms with Crippen LogP contribution in [0.2, 0.25) is 5.02 Å². The summed E-state index contributed by atoms with van der Waals surface area (Å²) in [6, 6.07) is 9.41. The maximum Gasteiger partial charge on any atom is 0.161 e. The van der Waals surface area contributed by atoms with Crippen LogP contribution < -0.4 is 5.73 Å². The minimum Gasteiger partial charge on any atom is -0.398 e. The third-order valence-electron chi connectivity index (χ3n) is 3.23. The van der Waals surface area contributed by atoms with E-state index in [1.807, 2.05) is 30.3 Å². The van der Waals surface area contributed by atoms with Crippen molar-refractivity contribution in [3.63, 3.8) is 0 Å². The van der Waals surface area contributed by atoms with Crippen LogP contribution in [0, 0.1) is 0 Å². The molecular formula is C16H12BrClN4. The Kier molecular flexibility index (Phi) is 4.09. The van der Waals surface area contributed by atoms with Crippen LogP contribution in [0.3, 0.4) is 0 Å². The molecule has 2 N–H and O–H groups in total. The van der Waals surface area contributed by atoms with Crippen LogP contribution in [0.25, 0.3) is 22.3 Å². The lowest BCUT2D eigenvalue weighted by atomic mass is 10.1. The average Bonchev–Trinajstić information content (AvgIpc) is 2.50. The molecule has 22 heavy (non-hydrogen) atoms. The summed E-state index contributed by atoms with van der Waals surface area (Å²) in [6.07, 6.45) is 3.42. The number of nitrogens with two attached hydrogens (primary N) is 1. The van der Waals surface area contributed by atoms with Gasteiger partial charge in [-0.1, -0.05) is 17.7 Å². The monoisotopic (exact) mass is 374 g/mol. The molecule has 0 amide bonds. The Hall–Kier alpha value is -1.98. The molecule has 0 aliphatic carbocycles. The molecule has 2 heterocycles. The van der Waals surface area contributed by atoms with Gasteiger partial charge in [-0.05, 0) is 40.2 Å². The highest BCUT2D eigenvalue weighted by molar-refractivity contribution is 9.10. The Balaban J connectivity index is 2.18. The molecule has 0 atom stereocenters. The average molecular weight is 376 g/mol. The van der Waals surface area contributed by atoms with Gasteiger partial charge in [0, 0.05) is 46.1 Å². The Bertz CT molecular complexity index is 893. The van der Waals surface area contributed by atoms with Crippen LogP contribution >= 0.6 is 27.5 Å². The highest BCUT2D eigenvalue weighted by atomic mass is 79.9. The van der Waals surface area contributed by atoms with Gasteiger partial charge in [-0.3, -0.25) is 4.99 Å². The van der Waals surface area contributed by atoms with E-state index in [9.17, 15) is 0 Å². The fraction of sp³-hybridized carbons (Fsp3) is 0.0625. The minimum atomic E-state index is 0.605. The van der Waals surface area contributed by atoms with E-state index >= 15 is 0 Å². The van der Waals surface area contributed by atoms with E-state index < -0.39 is 0 Å². The number of aliphatic imine (C=N–C) groups is 1. The van der Waals surface area contributed by atoms with Crippen LogP contribution in [-0.4, -0.2) is 23.2 Å². The van der Waals surface area contributed by atoms with Crippen LogP contribution in [0.4, 0.5) is 5.69 Å². The molecule has 4 nitrogen and oxygen atoms in total. The Labute approximate surface area is 141 Å². The molecule has 3 rings (SSSR count). The summed E-state index contributed by atoms with van der Waals surface area (Å²) in [5.74, 6) is 0. The number of hydrogen-bond donors (Lipinski definition) is 1. The van der Waals surface area contributed by atoms with Crippen LogP contribution in [0.15, 0.2) is 46.0 Å².